The van der Waals surface area contributed by atoms with Crippen LogP contribution >= 0.6 is 0 Å². The van der Waals surface area contributed by atoms with Crippen molar-refractivity contribution in [1.29, 1.82) is 0 Å². The van der Waals surface area contributed by atoms with Crippen LogP contribution in [0.4, 0.5) is 0 Å². The standard InChI is InChI=1S/C17H23NO4/c1-4-5-6-9-22-17(19)12-18-8-7-14-15(18)10-13(20-2)11-16(14)21-3/h7-8,10-11H,4-6,9,12H2,1-3H3. The molecule has 0 unspecified atom stereocenters. The van der Waals surface area contributed by atoms with Crippen molar-refractivity contribution in [2.75, 3.05) is 20.8 Å². The van der Waals surface area contributed by atoms with Gasteiger partial charge in [-0.3, -0.25) is 4.79 Å². The van der Waals surface area contributed by atoms with E-state index >= 15 is 0 Å². The second kappa shape index (κ2) is 7.73. The molecule has 1 aromatic heterocycles. The summed E-state index contributed by atoms with van der Waals surface area (Å²) in [5.74, 6) is 1.19. The molecule has 0 aliphatic carbocycles. The van der Waals surface area contributed by atoms with E-state index in [1.54, 1.807) is 14.2 Å². The van der Waals surface area contributed by atoms with E-state index < -0.39 is 0 Å². The molecule has 0 fully saturated rings. The Morgan fingerprint density at radius 3 is 2.68 bits per heavy atom. The Labute approximate surface area is 130 Å². The van der Waals surface area contributed by atoms with Gasteiger partial charge in [0.2, 0.25) is 0 Å². The van der Waals surface area contributed by atoms with Crippen molar-refractivity contribution in [2.24, 2.45) is 0 Å². The van der Waals surface area contributed by atoms with E-state index in [0.29, 0.717) is 12.4 Å². The monoisotopic (exact) mass is 305 g/mol. The van der Waals surface area contributed by atoms with E-state index in [1.807, 2.05) is 29.0 Å². The van der Waals surface area contributed by atoms with E-state index in [1.165, 1.54) is 0 Å². The summed E-state index contributed by atoms with van der Waals surface area (Å²) in [7, 11) is 3.23. The van der Waals surface area contributed by atoms with Crippen molar-refractivity contribution in [3.63, 3.8) is 0 Å². The lowest BCUT2D eigenvalue weighted by atomic mass is 10.2. The smallest absolute Gasteiger partial charge is 0.325 e. The third-order valence-corrected chi connectivity index (χ3v) is 3.59. The molecule has 1 heterocycles. The SMILES string of the molecule is CCCCCOC(=O)Cn1ccc2c(OC)cc(OC)cc21. The van der Waals surface area contributed by atoms with Crippen molar-refractivity contribution >= 4 is 16.9 Å². The number of hydrogen-bond donors (Lipinski definition) is 0. The number of esters is 1. The highest BCUT2D eigenvalue weighted by Gasteiger charge is 2.12. The van der Waals surface area contributed by atoms with E-state index in [-0.39, 0.29) is 12.5 Å². The summed E-state index contributed by atoms with van der Waals surface area (Å²) in [6.07, 6.45) is 4.96. The summed E-state index contributed by atoms with van der Waals surface area (Å²) < 4.78 is 17.8. The van der Waals surface area contributed by atoms with Gasteiger partial charge in [-0.05, 0) is 12.5 Å². The van der Waals surface area contributed by atoms with Crippen LogP contribution in [0.15, 0.2) is 24.4 Å². The Morgan fingerprint density at radius 1 is 1.18 bits per heavy atom. The normalized spacial score (nSPS) is 10.7. The number of methoxy groups -OCH3 is 2. The fourth-order valence-corrected chi connectivity index (χ4v) is 2.38. The Morgan fingerprint density at radius 2 is 2.00 bits per heavy atom. The van der Waals surface area contributed by atoms with Gasteiger partial charge in [-0.1, -0.05) is 19.8 Å². The molecule has 0 radical (unpaired) electrons. The number of benzene rings is 1. The maximum absolute atomic E-state index is 11.9. The molecule has 0 atom stereocenters. The Kier molecular flexibility index (Phi) is 5.69. The summed E-state index contributed by atoms with van der Waals surface area (Å²) in [4.78, 5) is 11.9. The van der Waals surface area contributed by atoms with Crippen molar-refractivity contribution in [3.05, 3.63) is 24.4 Å². The predicted octanol–water partition coefficient (Wildman–Crippen LogP) is 3.39. The number of fused-ring (bicyclic) bond motifs is 1. The van der Waals surface area contributed by atoms with Gasteiger partial charge in [-0.25, -0.2) is 0 Å². The molecule has 0 aliphatic rings. The van der Waals surface area contributed by atoms with Crippen LogP contribution in [0.2, 0.25) is 0 Å². The lowest BCUT2D eigenvalue weighted by Gasteiger charge is -2.09. The van der Waals surface area contributed by atoms with Gasteiger partial charge in [0.25, 0.3) is 0 Å². The highest BCUT2D eigenvalue weighted by molar-refractivity contribution is 5.89. The van der Waals surface area contributed by atoms with Crippen molar-refractivity contribution < 1.29 is 19.0 Å². The van der Waals surface area contributed by atoms with Crippen molar-refractivity contribution in [2.45, 2.75) is 32.7 Å². The van der Waals surface area contributed by atoms with Gasteiger partial charge in [-0.15, -0.1) is 0 Å². The molecule has 120 valence electrons. The largest absolute Gasteiger partial charge is 0.497 e. The zero-order valence-corrected chi connectivity index (χ0v) is 13.4. The van der Waals surface area contributed by atoms with E-state index in [4.69, 9.17) is 14.2 Å². The maximum Gasteiger partial charge on any atom is 0.325 e. The Bertz CT molecular complexity index is 633. The molecule has 0 bridgehead atoms. The molecular weight excluding hydrogens is 282 g/mol. The average molecular weight is 305 g/mol. The van der Waals surface area contributed by atoms with Crippen LogP contribution in [0, 0.1) is 0 Å². The minimum absolute atomic E-state index is 0.186. The third-order valence-electron chi connectivity index (χ3n) is 3.59. The van der Waals surface area contributed by atoms with Gasteiger partial charge in [0.1, 0.15) is 18.0 Å². The number of hydrogen-bond acceptors (Lipinski definition) is 4. The van der Waals surface area contributed by atoms with Crippen LogP contribution in [0.25, 0.3) is 10.9 Å². The summed E-state index contributed by atoms with van der Waals surface area (Å²) in [5.41, 5.74) is 0.890. The van der Waals surface area contributed by atoms with E-state index in [9.17, 15) is 4.79 Å². The molecule has 1 aromatic carbocycles. The summed E-state index contributed by atoms with van der Waals surface area (Å²) in [6.45, 7) is 2.79. The molecule has 22 heavy (non-hydrogen) atoms. The van der Waals surface area contributed by atoms with Gasteiger partial charge >= 0.3 is 5.97 Å². The molecule has 2 rings (SSSR count). The fraction of sp³-hybridized carbons (Fsp3) is 0.471. The molecule has 0 saturated heterocycles. The molecular formula is C17H23NO4. The van der Waals surface area contributed by atoms with Crippen molar-refractivity contribution in [3.8, 4) is 11.5 Å². The van der Waals surface area contributed by atoms with Crippen LogP contribution in [-0.4, -0.2) is 31.4 Å². The lowest BCUT2D eigenvalue weighted by molar-refractivity contribution is -0.144. The first-order valence-electron chi connectivity index (χ1n) is 7.56. The highest BCUT2D eigenvalue weighted by Crippen LogP contribution is 2.31. The van der Waals surface area contributed by atoms with Gasteiger partial charge in [-0.2, -0.15) is 0 Å². The molecule has 5 heteroatoms. The number of carbonyl (C=O) groups excluding carboxylic acids is 1. The summed E-state index contributed by atoms with van der Waals surface area (Å²) in [6, 6.07) is 5.65. The second-order valence-corrected chi connectivity index (χ2v) is 5.13. The molecule has 0 aliphatic heterocycles. The van der Waals surface area contributed by atoms with Gasteiger partial charge in [0, 0.05) is 23.7 Å². The zero-order valence-electron chi connectivity index (χ0n) is 13.4. The number of aromatic nitrogens is 1. The average Bonchev–Trinajstić information content (AvgIpc) is 2.93. The van der Waals surface area contributed by atoms with E-state index in [2.05, 4.69) is 6.92 Å². The molecule has 5 nitrogen and oxygen atoms in total. The van der Waals surface area contributed by atoms with Crippen LogP contribution in [0.5, 0.6) is 11.5 Å². The number of ether oxygens (including phenoxy) is 3. The number of rotatable bonds is 8. The van der Waals surface area contributed by atoms with Crippen molar-refractivity contribution in [1.82, 2.24) is 4.57 Å². The highest BCUT2D eigenvalue weighted by atomic mass is 16.5. The number of carbonyl (C=O) groups is 1. The number of unbranched alkanes of at least 4 members (excludes halogenated alkanes) is 2. The topological polar surface area (TPSA) is 49.7 Å². The third kappa shape index (κ3) is 3.72. The molecule has 2 aromatic rings. The van der Waals surface area contributed by atoms with Crippen LogP contribution in [0.1, 0.15) is 26.2 Å². The maximum atomic E-state index is 11.9. The number of nitrogens with zero attached hydrogens (tertiary/aromatic N) is 1. The second-order valence-electron chi connectivity index (χ2n) is 5.13. The van der Waals surface area contributed by atoms with Gasteiger partial charge < -0.3 is 18.8 Å². The molecule has 0 amide bonds. The Hall–Kier alpha value is -2.17. The van der Waals surface area contributed by atoms with Gasteiger partial charge in [0.05, 0.1) is 26.3 Å². The molecule has 0 saturated carbocycles. The first kappa shape index (κ1) is 16.2. The van der Waals surface area contributed by atoms with Crippen LogP contribution in [-0.2, 0) is 16.1 Å². The molecule has 0 N–H and O–H groups in total. The zero-order chi connectivity index (χ0) is 15.9. The van der Waals surface area contributed by atoms with Crippen LogP contribution in [0.3, 0.4) is 0 Å². The fourth-order valence-electron chi connectivity index (χ4n) is 2.38. The molecule has 0 spiro atoms. The summed E-state index contributed by atoms with van der Waals surface area (Å²) in [5, 5.41) is 0.946. The van der Waals surface area contributed by atoms with Crippen LogP contribution < -0.4 is 9.47 Å². The quantitative estimate of drug-likeness (QED) is 0.554. The predicted molar refractivity (Wildman–Crippen MR) is 85.5 cm³/mol. The minimum atomic E-state index is -0.226. The van der Waals surface area contributed by atoms with Gasteiger partial charge in [0.15, 0.2) is 0 Å². The first-order valence-corrected chi connectivity index (χ1v) is 7.56. The summed E-state index contributed by atoms with van der Waals surface area (Å²) >= 11 is 0. The Balaban J connectivity index is 2.13. The minimum Gasteiger partial charge on any atom is -0.497 e. The van der Waals surface area contributed by atoms with E-state index in [0.717, 1.165) is 35.9 Å². The lowest BCUT2D eigenvalue weighted by Crippen LogP contribution is -2.13. The first-order chi connectivity index (χ1) is 10.7.